The maximum atomic E-state index is 12.3. The molecular weight excluding hydrogens is 258 g/mol. The van der Waals surface area contributed by atoms with Crippen LogP contribution in [0.1, 0.15) is 58.3 Å². The van der Waals surface area contributed by atoms with E-state index in [2.05, 4.69) is 0 Å². The SMILES string of the molecule is CCC(C)(C)CN1C(=O)c2ccc(C(=O)O)cc2C1=O. The molecule has 1 heterocycles. The topological polar surface area (TPSA) is 74.7 Å². The van der Waals surface area contributed by atoms with Gasteiger partial charge in [0, 0.05) is 6.54 Å². The van der Waals surface area contributed by atoms with Crippen LogP contribution >= 0.6 is 0 Å². The van der Waals surface area contributed by atoms with Gasteiger partial charge in [0.2, 0.25) is 0 Å². The van der Waals surface area contributed by atoms with Gasteiger partial charge in [-0.05, 0) is 30.0 Å². The van der Waals surface area contributed by atoms with Crippen LogP contribution in [0, 0.1) is 5.41 Å². The second-order valence-corrected chi connectivity index (χ2v) is 5.78. The Morgan fingerprint density at radius 3 is 2.35 bits per heavy atom. The van der Waals surface area contributed by atoms with E-state index in [1.807, 2.05) is 20.8 Å². The standard InChI is InChI=1S/C15H17NO4/c1-4-15(2,3)8-16-12(17)10-6-5-9(14(19)20)7-11(10)13(16)18/h5-7H,4,8H2,1-3H3,(H,19,20). The molecule has 2 amide bonds. The van der Waals surface area contributed by atoms with Gasteiger partial charge in [-0.3, -0.25) is 14.5 Å². The van der Waals surface area contributed by atoms with Gasteiger partial charge in [-0.2, -0.15) is 0 Å². The number of carboxylic acids is 1. The Kier molecular flexibility index (Phi) is 3.38. The summed E-state index contributed by atoms with van der Waals surface area (Å²) >= 11 is 0. The van der Waals surface area contributed by atoms with Crippen LogP contribution < -0.4 is 0 Å². The van der Waals surface area contributed by atoms with Crippen molar-refractivity contribution in [2.24, 2.45) is 5.41 Å². The van der Waals surface area contributed by atoms with E-state index in [-0.39, 0.29) is 28.0 Å². The molecule has 20 heavy (non-hydrogen) atoms. The quantitative estimate of drug-likeness (QED) is 0.856. The van der Waals surface area contributed by atoms with Gasteiger partial charge in [0.25, 0.3) is 11.8 Å². The number of fused-ring (bicyclic) bond motifs is 1. The smallest absolute Gasteiger partial charge is 0.335 e. The van der Waals surface area contributed by atoms with Crippen molar-refractivity contribution in [3.05, 3.63) is 34.9 Å². The van der Waals surface area contributed by atoms with Crippen molar-refractivity contribution in [3.63, 3.8) is 0 Å². The molecule has 1 aromatic carbocycles. The predicted octanol–water partition coefficient (Wildman–Crippen LogP) is 2.42. The fourth-order valence-electron chi connectivity index (χ4n) is 2.11. The van der Waals surface area contributed by atoms with Gasteiger partial charge in [-0.25, -0.2) is 4.79 Å². The Hall–Kier alpha value is -2.17. The fraction of sp³-hybridized carbons (Fsp3) is 0.400. The molecule has 0 saturated carbocycles. The van der Waals surface area contributed by atoms with Crippen LogP contribution in [0.2, 0.25) is 0 Å². The lowest BCUT2D eigenvalue weighted by atomic mass is 9.90. The molecule has 1 N–H and O–H groups in total. The van der Waals surface area contributed by atoms with Gasteiger partial charge in [-0.15, -0.1) is 0 Å². The summed E-state index contributed by atoms with van der Waals surface area (Å²) in [5.74, 6) is -1.86. The third-order valence-electron chi connectivity index (χ3n) is 3.76. The van der Waals surface area contributed by atoms with Crippen LogP contribution in [0.3, 0.4) is 0 Å². The number of hydrogen-bond acceptors (Lipinski definition) is 3. The highest BCUT2D eigenvalue weighted by Crippen LogP contribution is 2.29. The average Bonchev–Trinajstić information content (AvgIpc) is 2.63. The summed E-state index contributed by atoms with van der Waals surface area (Å²) < 4.78 is 0. The molecule has 2 rings (SSSR count). The minimum absolute atomic E-state index is 0.0153. The predicted molar refractivity (Wildman–Crippen MR) is 72.8 cm³/mol. The first-order valence-corrected chi connectivity index (χ1v) is 6.50. The highest BCUT2D eigenvalue weighted by molar-refractivity contribution is 6.21. The van der Waals surface area contributed by atoms with Gasteiger partial charge in [0.15, 0.2) is 0 Å². The molecule has 1 aliphatic heterocycles. The fourth-order valence-corrected chi connectivity index (χ4v) is 2.11. The lowest BCUT2D eigenvalue weighted by molar-refractivity contribution is 0.0587. The summed E-state index contributed by atoms with van der Waals surface area (Å²) in [5, 5.41) is 8.95. The van der Waals surface area contributed by atoms with E-state index in [1.165, 1.54) is 23.1 Å². The molecule has 0 atom stereocenters. The largest absolute Gasteiger partial charge is 0.478 e. The molecule has 0 saturated heterocycles. The van der Waals surface area contributed by atoms with E-state index in [0.717, 1.165) is 6.42 Å². The van der Waals surface area contributed by atoms with E-state index in [9.17, 15) is 14.4 Å². The van der Waals surface area contributed by atoms with E-state index >= 15 is 0 Å². The number of hydrogen-bond donors (Lipinski definition) is 1. The molecule has 0 bridgehead atoms. The second-order valence-electron chi connectivity index (χ2n) is 5.78. The molecule has 1 aromatic rings. The van der Waals surface area contributed by atoms with Crippen molar-refractivity contribution in [2.75, 3.05) is 6.54 Å². The summed E-state index contributed by atoms with van der Waals surface area (Å²) in [6.45, 7) is 6.30. The van der Waals surface area contributed by atoms with Gasteiger partial charge < -0.3 is 5.11 Å². The van der Waals surface area contributed by atoms with Crippen LogP contribution in [-0.2, 0) is 0 Å². The van der Waals surface area contributed by atoms with Crippen LogP contribution in [0.15, 0.2) is 18.2 Å². The number of carboxylic acid groups (broad SMARTS) is 1. The number of imide groups is 1. The van der Waals surface area contributed by atoms with E-state index in [4.69, 9.17) is 5.11 Å². The molecule has 0 aliphatic carbocycles. The van der Waals surface area contributed by atoms with Gasteiger partial charge >= 0.3 is 5.97 Å². The number of aromatic carboxylic acids is 1. The molecule has 1 aliphatic rings. The maximum Gasteiger partial charge on any atom is 0.335 e. The summed E-state index contributed by atoms with van der Waals surface area (Å²) in [5.41, 5.74) is 0.318. The normalized spacial score (nSPS) is 14.7. The Morgan fingerprint density at radius 1 is 1.20 bits per heavy atom. The van der Waals surface area contributed by atoms with Crippen LogP contribution in [-0.4, -0.2) is 34.3 Å². The Balaban J connectivity index is 2.38. The second kappa shape index (κ2) is 4.74. The summed E-state index contributed by atoms with van der Waals surface area (Å²) in [4.78, 5) is 36.7. The zero-order valence-electron chi connectivity index (χ0n) is 11.8. The first kappa shape index (κ1) is 14.2. The Bertz CT molecular complexity index is 604. The number of carbonyl (C=O) groups excluding carboxylic acids is 2. The van der Waals surface area contributed by atoms with Crippen LogP contribution in [0.4, 0.5) is 0 Å². The molecule has 0 fully saturated rings. The molecular formula is C15H17NO4. The summed E-state index contributed by atoms with van der Waals surface area (Å²) in [6.07, 6.45) is 0.834. The van der Waals surface area contributed by atoms with E-state index in [1.54, 1.807) is 0 Å². The minimum Gasteiger partial charge on any atom is -0.478 e. The summed E-state index contributed by atoms with van der Waals surface area (Å²) in [7, 11) is 0. The van der Waals surface area contributed by atoms with Crippen LogP contribution in [0.25, 0.3) is 0 Å². The first-order chi connectivity index (χ1) is 9.26. The van der Waals surface area contributed by atoms with Crippen molar-refractivity contribution < 1.29 is 19.5 Å². The van der Waals surface area contributed by atoms with E-state index < -0.39 is 11.9 Å². The average molecular weight is 275 g/mol. The number of carbonyl (C=O) groups is 3. The van der Waals surface area contributed by atoms with E-state index in [0.29, 0.717) is 6.54 Å². The van der Waals surface area contributed by atoms with Gasteiger partial charge in [-0.1, -0.05) is 20.8 Å². The highest BCUT2D eigenvalue weighted by atomic mass is 16.4. The van der Waals surface area contributed by atoms with Gasteiger partial charge in [0.05, 0.1) is 16.7 Å². The number of nitrogens with zero attached hydrogens (tertiary/aromatic N) is 1. The van der Waals surface area contributed by atoms with Crippen molar-refractivity contribution >= 4 is 17.8 Å². The number of benzene rings is 1. The summed E-state index contributed by atoms with van der Waals surface area (Å²) in [6, 6.07) is 4.04. The zero-order valence-corrected chi connectivity index (χ0v) is 11.8. The third kappa shape index (κ3) is 2.31. The first-order valence-electron chi connectivity index (χ1n) is 6.50. The van der Waals surface area contributed by atoms with Crippen molar-refractivity contribution in [1.29, 1.82) is 0 Å². The molecule has 0 aromatic heterocycles. The minimum atomic E-state index is -1.11. The zero-order chi connectivity index (χ0) is 15.1. The molecule has 0 spiro atoms. The van der Waals surface area contributed by atoms with Gasteiger partial charge in [0.1, 0.15) is 0 Å². The Labute approximate surface area is 117 Å². The molecule has 106 valence electrons. The molecule has 5 nitrogen and oxygen atoms in total. The number of amides is 2. The van der Waals surface area contributed by atoms with Crippen molar-refractivity contribution in [3.8, 4) is 0 Å². The molecule has 0 unspecified atom stereocenters. The van der Waals surface area contributed by atoms with Crippen molar-refractivity contribution in [1.82, 2.24) is 4.90 Å². The van der Waals surface area contributed by atoms with Crippen LogP contribution in [0.5, 0.6) is 0 Å². The lowest BCUT2D eigenvalue weighted by Crippen LogP contribution is -2.38. The molecule has 5 heteroatoms. The number of rotatable bonds is 4. The third-order valence-corrected chi connectivity index (χ3v) is 3.76. The van der Waals surface area contributed by atoms with Crippen molar-refractivity contribution in [2.45, 2.75) is 27.2 Å². The lowest BCUT2D eigenvalue weighted by Gasteiger charge is -2.27. The molecule has 0 radical (unpaired) electrons. The highest BCUT2D eigenvalue weighted by Gasteiger charge is 2.38. The monoisotopic (exact) mass is 275 g/mol. The maximum absolute atomic E-state index is 12.3. The Morgan fingerprint density at radius 2 is 1.80 bits per heavy atom.